The Hall–Kier alpha value is -2.04. The predicted octanol–water partition coefficient (Wildman–Crippen LogP) is 5.89. The van der Waals surface area contributed by atoms with Crippen molar-refractivity contribution < 1.29 is 9.63 Å². The van der Waals surface area contributed by atoms with Crippen LogP contribution in [0.1, 0.15) is 44.5 Å². The van der Waals surface area contributed by atoms with Crippen LogP contribution in [0.3, 0.4) is 0 Å². The number of hydrogen-bond acceptors (Lipinski definition) is 4. The average Bonchev–Trinajstić information content (AvgIpc) is 3.01. The number of hydrogen-bond donors (Lipinski definition) is 1. The molecule has 0 atom stereocenters. The molecule has 0 unspecified atom stereocenters. The Labute approximate surface area is 172 Å². The van der Waals surface area contributed by atoms with Gasteiger partial charge in [-0.3, -0.25) is 4.90 Å². The van der Waals surface area contributed by atoms with Gasteiger partial charge in [-0.05, 0) is 41.7 Å². The van der Waals surface area contributed by atoms with Gasteiger partial charge in [-0.25, -0.2) is 0 Å². The monoisotopic (exact) mass is 400 g/mol. The van der Waals surface area contributed by atoms with Crippen molar-refractivity contribution in [2.45, 2.75) is 40.7 Å². The van der Waals surface area contributed by atoms with Crippen LogP contribution in [0.15, 0.2) is 40.9 Å². The van der Waals surface area contributed by atoms with Gasteiger partial charge in [0.25, 0.3) is 0 Å². The molecule has 3 aromatic rings. The van der Waals surface area contributed by atoms with E-state index in [1.54, 1.807) is 6.07 Å². The van der Waals surface area contributed by atoms with E-state index in [9.17, 15) is 5.11 Å². The highest BCUT2D eigenvalue weighted by atomic mass is 35.5. The SMILES string of the molecule is CC(C)CN(Cc1c(O)ccc2c(Cc3ccc(Cl)cc3)noc12)CC(C)C. The van der Waals surface area contributed by atoms with Crippen molar-refractivity contribution >= 4 is 22.6 Å². The third-order valence-corrected chi connectivity index (χ3v) is 4.96. The number of nitrogens with zero attached hydrogens (tertiary/aromatic N) is 2. The molecule has 1 heterocycles. The van der Waals surface area contributed by atoms with Gasteiger partial charge in [-0.15, -0.1) is 0 Å². The molecule has 0 amide bonds. The molecule has 0 fully saturated rings. The Morgan fingerprint density at radius 2 is 1.64 bits per heavy atom. The van der Waals surface area contributed by atoms with Crippen molar-refractivity contribution in [3.8, 4) is 5.75 Å². The molecule has 1 N–H and O–H groups in total. The van der Waals surface area contributed by atoms with Crippen molar-refractivity contribution in [2.75, 3.05) is 13.1 Å². The minimum atomic E-state index is 0.263. The van der Waals surface area contributed by atoms with Crippen molar-refractivity contribution in [2.24, 2.45) is 11.8 Å². The number of aromatic hydroxyl groups is 1. The van der Waals surface area contributed by atoms with Gasteiger partial charge in [0, 0.05) is 36.5 Å². The summed E-state index contributed by atoms with van der Waals surface area (Å²) in [6.07, 6.45) is 0.663. The molecule has 0 saturated carbocycles. The first-order chi connectivity index (χ1) is 13.3. The van der Waals surface area contributed by atoms with Gasteiger partial charge >= 0.3 is 0 Å². The lowest BCUT2D eigenvalue weighted by Gasteiger charge is -2.26. The normalized spacial score (nSPS) is 12.0. The van der Waals surface area contributed by atoms with E-state index in [1.165, 1.54) is 0 Å². The summed E-state index contributed by atoms with van der Waals surface area (Å²) in [5.74, 6) is 1.37. The number of benzene rings is 2. The Morgan fingerprint density at radius 1 is 1.00 bits per heavy atom. The summed E-state index contributed by atoms with van der Waals surface area (Å²) in [7, 11) is 0. The molecule has 150 valence electrons. The highest BCUT2D eigenvalue weighted by Crippen LogP contribution is 2.32. The minimum Gasteiger partial charge on any atom is -0.507 e. The molecule has 4 nitrogen and oxygen atoms in total. The van der Waals surface area contributed by atoms with E-state index in [-0.39, 0.29) is 5.75 Å². The van der Waals surface area contributed by atoms with Crippen LogP contribution in [0.4, 0.5) is 0 Å². The summed E-state index contributed by atoms with van der Waals surface area (Å²) >= 11 is 5.98. The van der Waals surface area contributed by atoms with Crippen LogP contribution in [0.2, 0.25) is 5.02 Å². The minimum absolute atomic E-state index is 0.263. The van der Waals surface area contributed by atoms with Crippen molar-refractivity contribution in [3.05, 3.63) is 58.2 Å². The van der Waals surface area contributed by atoms with Crippen LogP contribution >= 0.6 is 11.6 Å². The van der Waals surface area contributed by atoms with E-state index < -0.39 is 0 Å². The molecule has 0 bridgehead atoms. The molecule has 0 aliphatic rings. The summed E-state index contributed by atoms with van der Waals surface area (Å²) in [6.45, 7) is 11.5. The van der Waals surface area contributed by atoms with E-state index in [1.807, 2.05) is 30.3 Å². The van der Waals surface area contributed by atoms with Crippen LogP contribution in [0.25, 0.3) is 11.0 Å². The van der Waals surface area contributed by atoms with Crippen molar-refractivity contribution in [3.63, 3.8) is 0 Å². The van der Waals surface area contributed by atoms with E-state index in [0.717, 1.165) is 40.3 Å². The number of phenols is 1. The number of phenolic OH excluding ortho intramolecular Hbond substituents is 1. The Kier molecular flexibility index (Phi) is 6.63. The molecule has 5 heteroatoms. The van der Waals surface area contributed by atoms with Crippen LogP contribution in [0.5, 0.6) is 5.75 Å². The van der Waals surface area contributed by atoms with E-state index in [2.05, 4.69) is 37.8 Å². The molecule has 0 aliphatic heterocycles. The summed E-state index contributed by atoms with van der Waals surface area (Å²) < 4.78 is 5.71. The lowest BCUT2D eigenvalue weighted by atomic mass is 10.0. The molecule has 2 aromatic carbocycles. The molecule has 0 spiro atoms. The first kappa shape index (κ1) is 20.7. The lowest BCUT2D eigenvalue weighted by molar-refractivity contribution is 0.209. The van der Waals surface area contributed by atoms with Gasteiger partial charge in [0.15, 0.2) is 5.58 Å². The third-order valence-electron chi connectivity index (χ3n) is 4.71. The van der Waals surface area contributed by atoms with Crippen LogP contribution in [-0.2, 0) is 13.0 Å². The Morgan fingerprint density at radius 3 is 2.25 bits per heavy atom. The second-order valence-electron chi connectivity index (χ2n) is 8.35. The van der Waals surface area contributed by atoms with Crippen LogP contribution < -0.4 is 0 Å². The van der Waals surface area contributed by atoms with Crippen LogP contribution in [0, 0.1) is 11.8 Å². The largest absolute Gasteiger partial charge is 0.507 e. The number of fused-ring (bicyclic) bond motifs is 1. The third kappa shape index (κ3) is 5.06. The predicted molar refractivity (Wildman–Crippen MR) is 115 cm³/mol. The first-order valence-electron chi connectivity index (χ1n) is 9.89. The van der Waals surface area contributed by atoms with Gasteiger partial charge in [0.05, 0.1) is 11.3 Å². The fourth-order valence-electron chi connectivity index (χ4n) is 3.63. The fourth-order valence-corrected chi connectivity index (χ4v) is 3.76. The molecular weight excluding hydrogens is 372 g/mol. The second-order valence-corrected chi connectivity index (χ2v) is 8.79. The Bertz CT molecular complexity index is 906. The zero-order chi connectivity index (χ0) is 20.3. The van der Waals surface area contributed by atoms with Crippen molar-refractivity contribution in [1.82, 2.24) is 10.1 Å². The summed E-state index contributed by atoms with van der Waals surface area (Å²) in [6, 6.07) is 11.4. The van der Waals surface area contributed by atoms with Gasteiger partial charge in [0.1, 0.15) is 5.75 Å². The highest BCUT2D eigenvalue weighted by molar-refractivity contribution is 6.30. The fraction of sp³-hybridized carbons (Fsp3) is 0.435. The number of aromatic nitrogens is 1. The molecule has 0 radical (unpaired) electrons. The molecule has 28 heavy (non-hydrogen) atoms. The van der Waals surface area contributed by atoms with Crippen molar-refractivity contribution in [1.29, 1.82) is 0 Å². The van der Waals surface area contributed by atoms with Gasteiger partial charge in [-0.2, -0.15) is 0 Å². The zero-order valence-electron chi connectivity index (χ0n) is 17.1. The quantitative estimate of drug-likeness (QED) is 0.512. The smallest absolute Gasteiger partial charge is 0.175 e. The average molecular weight is 401 g/mol. The molecule has 1 aromatic heterocycles. The summed E-state index contributed by atoms with van der Waals surface area (Å²) in [5, 5.41) is 16.5. The highest BCUT2D eigenvalue weighted by Gasteiger charge is 2.19. The number of rotatable bonds is 8. The maximum atomic E-state index is 10.5. The topological polar surface area (TPSA) is 49.5 Å². The maximum absolute atomic E-state index is 10.5. The molecule has 0 aliphatic carbocycles. The zero-order valence-corrected chi connectivity index (χ0v) is 17.8. The first-order valence-corrected chi connectivity index (χ1v) is 10.3. The van der Waals surface area contributed by atoms with Gasteiger partial charge in [-0.1, -0.05) is 56.6 Å². The lowest BCUT2D eigenvalue weighted by Crippen LogP contribution is -2.31. The van der Waals surface area contributed by atoms with E-state index in [0.29, 0.717) is 30.4 Å². The van der Waals surface area contributed by atoms with E-state index in [4.69, 9.17) is 16.1 Å². The summed E-state index contributed by atoms with van der Waals surface area (Å²) in [4.78, 5) is 2.38. The molecule has 3 rings (SSSR count). The molecular formula is C23H29ClN2O2. The maximum Gasteiger partial charge on any atom is 0.175 e. The number of halogens is 1. The summed E-state index contributed by atoms with van der Waals surface area (Å²) in [5.41, 5.74) is 3.49. The standard InChI is InChI=1S/C23H29ClN2O2/c1-15(2)12-26(13-16(3)4)14-20-22(27)10-9-19-21(25-28-23(19)20)11-17-5-7-18(24)8-6-17/h5-10,15-16,27H,11-14H2,1-4H3. The molecule has 0 saturated heterocycles. The van der Waals surface area contributed by atoms with Crippen LogP contribution in [-0.4, -0.2) is 28.3 Å². The van der Waals surface area contributed by atoms with E-state index >= 15 is 0 Å². The van der Waals surface area contributed by atoms with Gasteiger partial charge < -0.3 is 9.63 Å². The van der Waals surface area contributed by atoms with Gasteiger partial charge in [0.2, 0.25) is 0 Å². The second kappa shape index (κ2) is 8.97. The Balaban J connectivity index is 1.91.